The Labute approximate surface area is 116 Å². The summed E-state index contributed by atoms with van der Waals surface area (Å²) in [6.07, 6.45) is -2.95. The summed E-state index contributed by atoms with van der Waals surface area (Å²) in [5.41, 5.74) is -0.798. The van der Waals surface area contributed by atoms with Gasteiger partial charge in [-0.15, -0.1) is 0 Å². The maximum atomic E-state index is 12.7. The number of fused-ring (bicyclic) bond motifs is 1. The van der Waals surface area contributed by atoms with Crippen LogP contribution in [0, 0.1) is 0 Å². The van der Waals surface area contributed by atoms with Gasteiger partial charge in [-0.1, -0.05) is 12.1 Å². The molecule has 2 heterocycles. The number of halogens is 3. The summed E-state index contributed by atoms with van der Waals surface area (Å²) < 4.78 is 38.2. The van der Waals surface area contributed by atoms with Crippen molar-refractivity contribution in [3.8, 4) is 11.4 Å². The molecule has 0 unspecified atom stereocenters. The highest BCUT2D eigenvalue weighted by molar-refractivity contribution is 5.91. The molecule has 7 heteroatoms. The molecule has 0 saturated carbocycles. The average Bonchev–Trinajstić information content (AvgIpc) is 2.45. The summed E-state index contributed by atoms with van der Waals surface area (Å²) in [4.78, 5) is 21.8. The van der Waals surface area contributed by atoms with Gasteiger partial charge in [-0.2, -0.15) is 18.2 Å². The van der Waals surface area contributed by atoms with Crippen molar-refractivity contribution in [3.05, 3.63) is 58.6 Å². The maximum Gasteiger partial charge on any atom is 0.416 e. The van der Waals surface area contributed by atoms with Gasteiger partial charge in [0.15, 0.2) is 0 Å². The van der Waals surface area contributed by atoms with Crippen molar-refractivity contribution < 1.29 is 13.2 Å². The summed E-state index contributed by atoms with van der Waals surface area (Å²) in [5, 5.41) is 0.404. The zero-order valence-electron chi connectivity index (χ0n) is 10.5. The van der Waals surface area contributed by atoms with Crippen LogP contribution in [0.4, 0.5) is 13.2 Å². The first-order chi connectivity index (χ1) is 9.95. The quantitative estimate of drug-likeness (QED) is 0.749. The van der Waals surface area contributed by atoms with Gasteiger partial charge in [0.25, 0.3) is 0 Å². The van der Waals surface area contributed by atoms with E-state index in [0.29, 0.717) is 11.1 Å². The summed E-state index contributed by atoms with van der Waals surface area (Å²) in [6.45, 7) is 0. The Kier molecular flexibility index (Phi) is 2.97. The van der Waals surface area contributed by atoms with Gasteiger partial charge in [0.05, 0.1) is 16.8 Å². The molecule has 3 rings (SSSR count). The molecule has 0 radical (unpaired) electrons. The molecule has 106 valence electrons. The molecule has 1 aromatic carbocycles. The molecule has 3 aromatic rings. The minimum Gasteiger partial charge on any atom is -0.305 e. The first-order valence-electron chi connectivity index (χ1n) is 5.98. The number of pyridine rings is 1. The van der Waals surface area contributed by atoms with Crippen molar-refractivity contribution in [1.29, 1.82) is 0 Å². The molecule has 0 aliphatic heterocycles. The Morgan fingerprint density at radius 1 is 1.10 bits per heavy atom. The van der Waals surface area contributed by atoms with E-state index in [-0.39, 0.29) is 11.2 Å². The number of alkyl halides is 3. The third kappa shape index (κ3) is 2.49. The Balaban J connectivity index is 2.30. The molecule has 0 spiro atoms. The molecule has 0 aliphatic carbocycles. The van der Waals surface area contributed by atoms with Crippen LogP contribution in [-0.4, -0.2) is 15.0 Å². The number of rotatable bonds is 1. The van der Waals surface area contributed by atoms with Gasteiger partial charge in [-0.05, 0) is 24.3 Å². The van der Waals surface area contributed by atoms with Crippen molar-refractivity contribution in [2.45, 2.75) is 6.18 Å². The topological polar surface area (TPSA) is 58.6 Å². The van der Waals surface area contributed by atoms with Crippen LogP contribution in [0.1, 0.15) is 5.56 Å². The molecule has 0 atom stereocenters. The normalized spacial score (nSPS) is 11.8. The number of aromatic amines is 1. The first kappa shape index (κ1) is 13.3. The molecule has 0 aliphatic rings. The highest BCUT2D eigenvalue weighted by atomic mass is 19.4. The smallest absolute Gasteiger partial charge is 0.305 e. The van der Waals surface area contributed by atoms with E-state index in [1.54, 1.807) is 18.2 Å². The Hall–Kier alpha value is -2.70. The molecule has 0 fully saturated rings. The van der Waals surface area contributed by atoms with Crippen LogP contribution in [0.25, 0.3) is 22.3 Å². The minimum atomic E-state index is -4.47. The number of nitrogens with zero attached hydrogens (tertiary/aromatic N) is 2. The molecule has 0 saturated heterocycles. The van der Waals surface area contributed by atoms with Crippen LogP contribution in [0.15, 0.2) is 47.4 Å². The van der Waals surface area contributed by atoms with E-state index in [9.17, 15) is 18.0 Å². The van der Waals surface area contributed by atoms with Gasteiger partial charge in [0, 0.05) is 11.6 Å². The monoisotopic (exact) mass is 291 g/mol. The molecule has 4 nitrogen and oxygen atoms in total. The molecule has 1 N–H and O–H groups in total. The van der Waals surface area contributed by atoms with Crippen LogP contribution in [0.2, 0.25) is 0 Å². The molecular weight excluding hydrogens is 283 g/mol. The standard InChI is InChI=1S/C14H8F3N3O/c15-14(16,17)8-4-5-9-11(7-8)19-13(21)20-12(9)10-3-1-2-6-18-10/h1-7H,(H,19,20,21). The van der Waals surface area contributed by atoms with Gasteiger partial charge < -0.3 is 4.98 Å². The summed E-state index contributed by atoms with van der Waals surface area (Å²) >= 11 is 0. The third-order valence-electron chi connectivity index (χ3n) is 2.96. The first-order valence-corrected chi connectivity index (χ1v) is 5.98. The van der Waals surface area contributed by atoms with Gasteiger partial charge in [-0.3, -0.25) is 4.98 Å². The fourth-order valence-electron chi connectivity index (χ4n) is 2.03. The van der Waals surface area contributed by atoms with Gasteiger partial charge in [-0.25, -0.2) is 4.79 Å². The lowest BCUT2D eigenvalue weighted by Gasteiger charge is -2.09. The second-order valence-corrected chi connectivity index (χ2v) is 4.36. The Morgan fingerprint density at radius 2 is 1.90 bits per heavy atom. The highest BCUT2D eigenvalue weighted by Gasteiger charge is 2.30. The fraction of sp³-hybridized carbons (Fsp3) is 0.0714. The Bertz CT molecular complexity index is 857. The Morgan fingerprint density at radius 3 is 2.57 bits per heavy atom. The van der Waals surface area contributed by atoms with Crippen molar-refractivity contribution in [1.82, 2.24) is 15.0 Å². The van der Waals surface area contributed by atoms with Crippen molar-refractivity contribution in [2.75, 3.05) is 0 Å². The van der Waals surface area contributed by atoms with E-state index in [1.807, 2.05) is 0 Å². The number of aromatic nitrogens is 3. The van der Waals surface area contributed by atoms with Crippen molar-refractivity contribution >= 4 is 10.9 Å². The second kappa shape index (κ2) is 4.69. The van der Waals surface area contributed by atoms with Crippen molar-refractivity contribution in [2.24, 2.45) is 0 Å². The SMILES string of the molecule is O=c1nc(-c2ccccn2)c2ccc(C(F)(F)F)cc2[nH]1. The molecule has 0 amide bonds. The number of hydrogen-bond donors (Lipinski definition) is 1. The lowest BCUT2D eigenvalue weighted by Crippen LogP contribution is -2.13. The van der Waals surface area contributed by atoms with Crippen LogP contribution in [-0.2, 0) is 6.18 Å². The van der Waals surface area contributed by atoms with E-state index in [1.165, 1.54) is 12.3 Å². The summed E-state index contributed by atoms with van der Waals surface area (Å²) in [7, 11) is 0. The van der Waals surface area contributed by atoms with Crippen LogP contribution in [0.5, 0.6) is 0 Å². The molecule has 21 heavy (non-hydrogen) atoms. The summed E-state index contributed by atoms with van der Waals surface area (Å²) in [5.74, 6) is 0. The van der Waals surface area contributed by atoms with E-state index >= 15 is 0 Å². The second-order valence-electron chi connectivity index (χ2n) is 4.36. The third-order valence-corrected chi connectivity index (χ3v) is 2.96. The van der Waals surface area contributed by atoms with Gasteiger partial charge in [0.1, 0.15) is 5.69 Å². The lowest BCUT2D eigenvalue weighted by molar-refractivity contribution is -0.137. The van der Waals surface area contributed by atoms with E-state index in [0.717, 1.165) is 12.1 Å². The zero-order valence-corrected chi connectivity index (χ0v) is 10.5. The maximum absolute atomic E-state index is 12.7. The van der Waals surface area contributed by atoms with Crippen molar-refractivity contribution in [3.63, 3.8) is 0 Å². The van der Waals surface area contributed by atoms with E-state index in [4.69, 9.17) is 0 Å². The van der Waals surface area contributed by atoms with Gasteiger partial charge in [0.2, 0.25) is 0 Å². The predicted octanol–water partition coefficient (Wildman–Crippen LogP) is 3.00. The van der Waals surface area contributed by atoms with Crippen LogP contribution >= 0.6 is 0 Å². The predicted molar refractivity (Wildman–Crippen MR) is 70.6 cm³/mol. The fourth-order valence-corrected chi connectivity index (χ4v) is 2.03. The zero-order chi connectivity index (χ0) is 15.0. The highest BCUT2D eigenvalue weighted by Crippen LogP contribution is 2.32. The number of nitrogens with one attached hydrogen (secondary N) is 1. The molecule has 0 bridgehead atoms. The largest absolute Gasteiger partial charge is 0.416 e. The average molecular weight is 291 g/mol. The number of hydrogen-bond acceptors (Lipinski definition) is 3. The van der Waals surface area contributed by atoms with E-state index in [2.05, 4.69) is 15.0 Å². The number of H-pyrrole nitrogens is 1. The number of benzene rings is 1. The van der Waals surface area contributed by atoms with Crippen LogP contribution < -0.4 is 5.69 Å². The minimum absolute atomic E-state index is 0.0745. The summed E-state index contributed by atoms with van der Waals surface area (Å²) in [6, 6.07) is 8.17. The van der Waals surface area contributed by atoms with E-state index < -0.39 is 17.4 Å². The van der Waals surface area contributed by atoms with Crippen LogP contribution in [0.3, 0.4) is 0 Å². The molecule has 2 aromatic heterocycles. The molecular formula is C14H8F3N3O. The lowest BCUT2D eigenvalue weighted by atomic mass is 10.1. The van der Waals surface area contributed by atoms with Gasteiger partial charge >= 0.3 is 11.9 Å².